The Bertz CT molecular complexity index is 1390. The zero-order valence-electron chi connectivity index (χ0n) is 21.4. The molecule has 0 bridgehead atoms. The number of hydrogen-bond acceptors (Lipinski definition) is 4. The van der Waals surface area contributed by atoms with Gasteiger partial charge < -0.3 is 19.9 Å². The van der Waals surface area contributed by atoms with Gasteiger partial charge in [0.2, 0.25) is 0 Å². The summed E-state index contributed by atoms with van der Waals surface area (Å²) in [6, 6.07) is 15.7. The van der Waals surface area contributed by atoms with Gasteiger partial charge in [-0.25, -0.2) is 9.37 Å². The summed E-state index contributed by atoms with van der Waals surface area (Å²) in [5.74, 6) is 1.67. The van der Waals surface area contributed by atoms with Crippen LogP contribution in [0.4, 0.5) is 10.1 Å². The maximum atomic E-state index is 13.5. The lowest BCUT2D eigenvalue weighted by Crippen LogP contribution is -2.40. The number of anilines is 1. The van der Waals surface area contributed by atoms with Gasteiger partial charge in [0, 0.05) is 62.1 Å². The van der Waals surface area contributed by atoms with E-state index in [1.165, 1.54) is 23.4 Å². The second-order valence-corrected chi connectivity index (χ2v) is 10.7. The first-order valence-corrected chi connectivity index (χ1v) is 13.2. The summed E-state index contributed by atoms with van der Waals surface area (Å²) < 4.78 is 17.9. The first kappa shape index (κ1) is 23.9. The Labute approximate surface area is 217 Å². The minimum absolute atomic E-state index is 0.154. The molecule has 192 valence electrons. The van der Waals surface area contributed by atoms with Crippen LogP contribution in [0.15, 0.2) is 67.1 Å². The number of aromatic nitrogens is 3. The van der Waals surface area contributed by atoms with Crippen molar-refractivity contribution in [2.45, 2.75) is 32.9 Å². The van der Waals surface area contributed by atoms with E-state index in [0.717, 1.165) is 60.9 Å². The number of benzene rings is 2. The van der Waals surface area contributed by atoms with Crippen molar-refractivity contribution in [2.24, 2.45) is 11.8 Å². The number of nitrogens with zero attached hydrogens (tertiary/aromatic N) is 4. The van der Waals surface area contributed by atoms with Gasteiger partial charge in [-0.15, -0.1) is 0 Å². The molecule has 2 N–H and O–H groups in total. The van der Waals surface area contributed by atoms with Gasteiger partial charge in [-0.05, 0) is 65.8 Å². The molecule has 0 amide bonds. The van der Waals surface area contributed by atoms with E-state index in [0.29, 0.717) is 11.8 Å². The minimum atomic E-state index is -0.227. The van der Waals surface area contributed by atoms with E-state index in [4.69, 9.17) is 0 Å². The third-order valence-corrected chi connectivity index (χ3v) is 7.93. The van der Waals surface area contributed by atoms with Gasteiger partial charge in [0.05, 0.1) is 18.0 Å². The fourth-order valence-electron chi connectivity index (χ4n) is 5.69. The van der Waals surface area contributed by atoms with Crippen LogP contribution in [0.2, 0.25) is 0 Å². The Morgan fingerprint density at radius 1 is 1.11 bits per heavy atom. The molecule has 0 radical (unpaired) electrons. The van der Waals surface area contributed by atoms with Gasteiger partial charge in [0.25, 0.3) is 0 Å². The van der Waals surface area contributed by atoms with Crippen LogP contribution in [-0.2, 0) is 6.54 Å². The van der Waals surface area contributed by atoms with Gasteiger partial charge in [-0.1, -0.05) is 26.0 Å². The summed E-state index contributed by atoms with van der Waals surface area (Å²) in [5.41, 5.74) is 6.76. The van der Waals surface area contributed by atoms with Crippen LogP contribution in [0.25, 0.3) is 28.3 Å². The number of fused-ring (bicyclic) bond motifs is 5. The zero-order chi connectivity index (χ0) is 25.5. The molecule has 2 aromatic heterocycles. The van der Waals surface area contributed by atoms with Crippen LogP contribution in [0.5, 0.6) is 0 Å². The molecule has 6 rings (SSSR count). The molecule has 1 saturated heterocycles. The number of rotatable bonds is 7. The van der Waals surface area contributed by atoms with Crippen LogP contribution < -0.4 is 10.2 Å². The molecule has 2 atom stereocenters. The normalized spacial score (nSPS) is 17.4. The number of aliphatic hydroxyl groups is 1. The molecule has 4 heterocycles. The molecule has 4 aromatic rings. The van der Waals surface area contributed by atoms with Gasteiger partial charge in [0.1, 0.15) is 5.82 Å². The third-order valence-electron chi connectivity index (χ3n) is 7.93. The quantitative estimate of drug-likeness (QED) is 0.333. The van der Waals surface area contributed by atoms with Crippen molar-refractivity contribution < 1.29 is 9.50 Å². The van der Waals surface area contributed by atoms with Crippen LogP contribution >= 0.6 is 0 Å². The number of halogens is 1. The summed E-state index contributed by atoms with van der Waals surface area (Å²) in [6.07, 6.45) is 7.17. The lowest BCUT2D eigenvalue weighted by molar-refractivity contribution is 0.206. The second kappa shape index (κ2) is 9.80. The Morgan fingerprint density at radius 3 is 2.73 bits per heavy atom. The van der Waals surface area contributed by atoms with E-state index >= 15 is 0 Å². The van der Waals surface area contributed by atoms with E-state index in [1.54, 1.807) is 0 Å². The van der Waals surface area contributed by atoms with Crippen molar-refractivity contribution in [2.75, 3.05) is 31.1 Å². The summed E-state index contributed by atoms with van der Waals surface area (Å²) in [6.45, 7) is 8.21. The smallest absolute Gasteiger partial charge is 0.161 e. The van der Waals surface area contributed by atoms with Crippen molar-refractivity contribution in [1.82, 2.24) is 19.4 Å². The highest BCUT2D eigenvalue weighted by atomic mass is 19.1. The largest absolute Gasteiger partial charge is 0.395 e. The van der Waals surface area contributed by atoms with Crippen molar-refractivity contribution in [1.29, 1.82) is 0 Å². The highest BCUT2D eigenvalue weighted by Gasteiger charge is 2.26. The van der Waals surface area contributed by atoms with E-state index in [9.17, 15) is 9.50 Å². The fourth-order valence-corrected chi connectivity index (χ4v) is 5.69. The molecule has 2 aromatic carbocycles. The van der Waals surface area contributed by atoms with Gasteiger partial charge in [0.15, 0.2) is 5.82 Å². The van der Waals surface area contributed by atoms with E-state index in [2.05, 4.69) is 68.6 Å². The van der Waals surface area contributed by atoms with Crippen molar-refractivity contribution >= 4 is 5.69 Å². The van der Waals surface area contributed by atoms with Crippen LogP contribution in [0.1, 0.15) is 25.8 Å². The molecule has 6 nitrogen and oxygen atoms in total. The number of aliphatic hydroxyl groups excluding tert-OH is 1. The van der Waals surface area contributed by atoms with Crippen molar-refractivity contribution in [3.63, 3.8) is 0 Å². The fraction of sp³-hybridized carbons (Fsp3) is 0.367. The molecule has 0 aliphatic carbocycles. The standard InChI is InChI=1S/C30H34FN5O/c1-20(2)27(19-37)33-15-21-9-11-34(16-21)26-7-8-28-24(13-26)18-35-17-23(22-3-5-25(31)6-4-22)14-29(35)30-32-10-12-36(28)30/h3-8,10,12-14,17,20-21,27,33,37H,9,11,15-16,18-19H2,1-2H3/t21-,27+/m1/s1. The molecule has 37 heavy (non-hydrogen) atoms. The van der Waals surface area contributed by atoms with Crippen LogP contribution in [0.3, 0.4) is 0 Å². The number of nitrogens with one attached hydrogen (secondary N) is 1. The minimum Gasteiger partial charge on any atom is -0.395 e. The van der Waals surface area contributed by atoms with E-state index in [-0.39, 0.29) is 18.5 Å². The third kappa shape index (κ3) is 4.58. The molecule has 7 heteroatoms. The monoisotopic (exact) mass is 499 g/mol. The molecule has 2 aliphatic rings. The summed E-state index contributed by atoms with van der Waals surface area (Å²) in [7, 11) is 0. The summed E-state index contributed by atoms with van der Waals surface area (Å²) in [4.78, 5) is 7.17. The molecule has 0 saturated carbocycles. The van der Waals surface area contributed by atoms with Crippen LogP contribution in [0, 0.1) is 17.7 Å². The SMILES string of the molecule is CC(C)[C@H](CO)NC[C@H]1CCN(c2ccc3c(c2)Cn2cc(-c4ccc(F)cc4)cc2-c2nccn2-3)C1. The van der Waals surface area contributed by atoms with E-state index < -0.39 is 0 Å². The first-order valence-electron chi connectivity index (χ1n) is 13.2. The highest BCUT2D eigenvalue weighted by Crippen LogP contribution is 2.36. The van der Waals surface area contributed by atoms with Crippen LogP contribution in [-0.4, -0.2) is 51.5 Å². The average molecular weight is 500 g/mol. The Kier molecular flexibility index (Phi) is 6.34. The lowest BCUT2D eigenvalue weighted by atomic mass is 10.0. The molecule has 2 aliphatic heterocycles. The maximum Gasteiger partial charge on any atom is 0.161 e. The number of imidazole rings is 1. The lowest BCUT2D eigenvalue weighted by Gasteiger charge is -2.23. The molecular formula is C30H34FN5O. The average Bonchev–Trinajstić information content (AvgIpc) is 3.63. The van der Waals surface area contributed by atoms with Crippen molar-refractivity contribution in [3.8, 4) is 28.3 Å². The zero-order valence-corrected chi connectivity index (χ0v) is 21.4. The topological polar surface area (TPSA) is 58.2 Å². The molecule has 1 fully saturated rings. The second-order valence-electron chi connectivity index (χ2n) is 10.7. The van der Waals surface area contributed by atoms with Gasteiger partial charge in [-0.2, -0.15) is 0 Å². The molecular weight excluding hydrogens is 465 g/mol. The summed E-state index contributed by atoms with van der Waals surface area (Å²) in [5, 5.41) is 13.2. The Balaban J connectivity index is 1.26. The summed E-state index contributed by atoms with van der Waals surface area (Å²) >= 11 is 0. The molecule has 0 unspecified atom stereocenters. The Morgan fingerprint density at radius 2 is 1.95 bits per heavy atom. The van der Waals surface area contributed by atoms with Gasteiger partial charge >= 0.3 is 0 Å². The first-order chi connectivity index (χ1) is 18.0. The Hall–Kier alpha value is -3.42. The maximum absolute atomic E-state index is 13.5. The predicted molar refractivity (Wildman–Crippen MR) is 146 cm³/mol. The molecule has 0 spiro atoms. The van der Waals surface area contributed by atoms with Crippen molar-refractivity contribution in [3.05, 3.63) is 78.5 Å². The van der Waals surface area contributed by atoms with Gasteiger partial charge in [-0.3, -0.25) is 4.57 Å². The number of hydrogen-bond donors (Lipinski definition) is 2. The van der Waals surface area contributed by atoms with E-state index in [1.807, 2.05) is 24.5 Å². The predicted octanol–water partition coefficient (Wildman–Crippen LogP) is 4.94. The highest BCUT2D eigenvalue weighted by molar-refractivity contribution is 5.72.